The number of carbonyl (C=O) groups is 4. The number of imide groups is 1. The Morgan fingerprint density at radius 2 is 1.72 bits per heavy atom. The van der Waals surface area contributed by atoms with Crippen LogP contribution in [0.3, 0.4) is 0 Å². The van der Waals surface area contributed by atoms with Gasteiger partial charge >= 0.3 is 12.1 Å². The third-order valence-corrected chi connectivity index (χ3v) is 12.2. The summed E-state index contributed by atoms with van der Waals surface area (Å²) in [7, 11) is 1.55. The van der Waals surface area contributed by atoms with Gasteiger partial charge in [0.05, 0.1) is 36.4 Å². The molecule has 2 saturated heterocycles. The summed E-state index contributed by atoms with van der Waals surface area (Å²) in [6.07, 6.45) is 12.9. The van der Waals surface area contributed by atoms with Crippen molar-refractivity contribution in [3.05, 3.63) is 48.1 Å². The molecule has 4 rings (SSSR count). The van der Waals surface area contributed by atoms with E-state index in [1.807, 2.05) is 40.7 Å². The summed E-state index contributed by atoms with van der Waals surface area (Å²) < 4.78 is 23.9. The van der Waals surface area contributed by atoms with Crippen LogP contribution in [0, 0.1) is 11.8 Å². The zero-order valence-electron chi connectivity index (χ0n) is 35.7. The molecule has 4 aliphatic rings. The van der Waals surface area contributed by atoms with Crippen molar-refractivity contribution in [3.63, 3.8) is 0 Å². The Hall–Kier alpha value is -3.40. The van der Waals surface area contributed by atoms with Crippen LogP contribution in [0.5, 0.6) is 0 Å². The van der Waals surface area contributed by atoms with Gasteiger partial charge in [-0.2, -0.15) is 0 Å². The van der Waals surface area contributed by atoms with Crippen molar-refractivity contribution in [2.24, 2.45) is 11.8 Å². The number of piperazine rings is 1. The fourth-order valence-electron chi connectivity index (χ4n) is 7.96. The van der Waals surface area contributed by atoms with E-state index in [4.69, 9.17) is 18.9 Å². The van der Waals surface area contributed by atoms with Gasteiger partial charge in [-0.3, -0.25) is 24.2 Å². The first kappa shape index (κ1) is 47.3. The van der Waals surface area contributed by atoms with Crippen LogP contribution in [-0.2, 0) is 33.3 Å². The van der Waals surface area contributed by atoms with Crippen molar-refractivity contribution in [1.82, 2.24) is 14.7 Å². The van der Waals surface area contributed by atoms with Gasteiger partial charge in [-0.25, -0.2) is 4.79 Å². The Balaban J connectivity index is 1.34. The molecule has 0 aromatic rings. The highest BCUT2D eigenvalue weighted by Gasteiger charge is 2.47. The molecular weight excluding hydrogens is 746 g/mol. The number of amides is 3. The smallest absolute Gasteiger partial charge is 0.410 e. The first-order valence-corrected chi connectivity index (χ1v) is 21.2. The largest absolute Gasteiger partial charge is 0.457 e. The highest BCUT2D eigenvalue weighted by atomic mass is 16.6. The van der Waals surface area contributed by atoms with Gasteiger partial charge < -0.3 is 39.2 Å². The SMILES string of the molecule is CC[C@H](O)[C@@H](C)[C@H]1O[C@@H]1CC(C)(O)/C=C/C=C(\C)C1OC(=O)CC(O)CCC(C)(OC)C(OC(=O)N2CCN(CCCCCCN3C(=O)C=CC3=O)CC2)C=CC1C. The summed E-state index contributed by atoms with van der Waals surface area (Å²) >= 11 is 0. The lowest BCUT2D eigenvalue weighted by atomic mass is 9.88. The highest BCUT2D eigenvalue weighted by Crippen LogP contribution is 2.38. The minimum absolute atomic E-state index is 0.0195. The van der Waals surface area contributed by atoms with Crippen molar-refractivity contribution in [1.29, 1.82) is 0 Å². The summed E-state index contributed by atoms with van der Waals surface area (Å²) in [5, 5.41) is 32.1. The second-order valence-electron chi connectivity index (χ2n) is 17.1. The number of allylic oxidation sites excluding steroid dienone is 2. The first-order chi connectivity index (χ1) is 27.5. The molecule has 326 valence electrons. The molecule has 0 aliphatic carbocycles. The normalized spacial score (nSPS) is 31.1. The maximum Gasteiger partial charge on any atom is 0.410 e. The number of hydrogen-bond acceptors (Lipinski definition) is 12. The first-order valence-electron chi connectivity index (χ1n) is 21.2. The van der Waals surface area contributed by atoms with Crippen molar-refractivity contribution < 1.29 is 53.4 Å². The minimum Gasteiger partial charge on any atom is -0.457 e. The number of cyclic esters (lactones) is 1. The molecule has 10 atom stereocenters. The van der Waals surface area contributed by atoms with E-state index in [-0.39, 0.29) is 48.7 Å². The molecule has 0 saturated carbocycles. The molecular formula is C44H69N3O11. The van der Waals surface area contributed by atoms with Crippen LogP contribution in [0.1, 0.15) is 99.3 Å². The van der Waals surface area contributed by atoms with Crippen molar-refractivity contribution >= 4 is 23.9 Å². The van der Waals surface area contributed by atoms with Crippen LogP contribution in [-0.4, -0.2) is 148 Å². The van der Waals surface area contributed by atoms with Gasteiger partial charge in [0.15, 0.2) is 6.10 Å². The Morgan fingerprint density at radius 3 is 2.36 bits per heavy atom. The molecule has 58 heavy (non-hydrogen) atoms. The van der Waals surface area contributed by atoms with E-state index >= 15 is 0 Å². The molecule has 2 fully saturated rings. The number of aliphatic hydroxyl groups is 3. The topological polar surface area (TPSA) is 179 Å². The number of ether oxygens (including phenoxy) is 4. The predicted molar refractivity (Wildman–Crippen MR) is 218 cm³/mol. The predicted octanol–water partition coefficient (Wildman–Crippen LogP) is 4.47. The third kappa shape index (κ3) is 13.8. The zero-order valence-corrected chi connectivity index (χ0v) is 35.7. The van der Waals surface area contributed by atoms with E-state index < -0.39 is 47.7 Å². The van der Waals surface area contributed by atoms with Gasteiger partial charge in [0.2, 0.25) is 0 Å². The monoisotopic (exact) mass is 815 g/mol. The maximum atomic E-state index is 13.6. The Bertz CT molecular complexity index is 1500. The summed E-state index contributed by atoms with van der Waals surface area (Å²) in [6.45, 7) is 15.0. The number of rotatable bonds is 17. The standard InChI is InChI=1S/C44H69N3O11/c1-8-34(49)32(4)41-35(56-41)29-43(5,54)20-13-14-30(2)40-31(3)15-16-36(44(6,55-7)21-19-33(48)28-39(52)58-40)57-42(53)46-26-24-45(25-27-46)22-11-9-10-12-23-47-37(50)17-18-38(47)51/h13-18,20,31-36,40-41,48-49,54H,8-12,19,21-29H2,1-7H3/b16-15?,20-13+,30-14+/t31?,32-,33?,34+,35-,36?,40?,41-,43?,44?/m1/s1. The van der Waals surface area contributed by atoms with E-state index in [0.717, 1.165) is 37.8 Å². The van der Waals surface area contributed by atoms with E-state index in [2.05, 4.69) is 4.90 Å². The summed E-state index contributed by atoms with van der Waals surface area (Å²) in [5.74, 6) is -1.39. The van der Waals surface area contributed by atoms with Crippen LogP contribution >= 0.6 is 0 Å². The molecule has 0 spiro atoms. The molecule has 0 aromatic heterocycles. The average Bonchev–Trinajstić information content (AvgIpc) is 3.87. The minimum atomic E-state index is -1.17. The number of hydrogen-bond donors (Lipinski definition) is 3. The second kappa shape index (κ2) is 21.7. The van der Waals surface area contributed by atoms with Gasteiger partial charge in [0.25, 0.3) is 11.8 Å². The van der Waals surface area contributed by atoms with Crippen LogP contribution < -0.4 is 0 Å². The second-order valence-corrected chi connectivity index (χ2v) is 17.1. The van der Waals surface area contributed by atoms with Crippen molar-refractivity contribution in [2.75, 3.05) is 46.4 Å². The third-order valence-electron chi connectivity index (χ3n) is 12.2. The lowest BCUT2D eigenvalue weighted by Gasteiger charge is -2.38. The Kier molecular flexibility index (Phi) is 17.7. The number of unbranched alkanes of at least 4 members (excludes halogenated alkanes) is 3. The van der Waals surface area contributed by atoms with Gasteiger partial charge in [-0.1, -0.05) is 57.9 Å². The number of methoxy groups -OCH3 is 1. The maximum absolute atomic E-state index is 13.6. The number of aliphatic hydroxyl groups excluding tert-OH is 2. The summed E-state index contributed by atoms with van der Waals surface area (Å²) in [4.78, 5) is 55.4. The van der Waals surface area contributed by atoms with E-state index in [1.54, 1.807) is 43.2 Å². The van der Waals surface area contributed by atoms with Crippen LogP contribution in [0.2, 0.25) is 0 Å². The highest BCUT2D eigenvalue weighted by molar-refractivity contribution is 6.12. The summed E-state index contributed by atoms with van der Waals surface area (Å²) in [5.41, 5.74) is -1.44. The number of carbonyl (C=O) groups excluding carboxylic acids is 4. The molecule has 4 aliphatic heterocycles. The zero-order chi connectivity index (χ0) is 42.6. The van der Waals surface area contributed by atoms with E-state index in [0.29, 0.717) is 52.0 Å². The van der Waals surface area contributed by atoms with Gasteiger partial charge in [-0.05, 0) is 71.1 Å². The van der Waals surface area contributed by atoms with Crippen LogP contribution in [0.25, 0.3) is 0 Å². The molecule has 0 radical (unpaired) electrons. The number of nitrogens with zero attached hydrogens (tertiary/aromatic N) is 3. The number of esters is 1. The molecule has 14 nitrogen and oxygen atoms in total. The Labute approximate surface area is 344 Å². The average molecular weight is 816 g/mol. The van der Waals surface area contributed by atoms with E-state index in [9.17, 15) is 34.5 Å². The van der Waals surface area contributed by atoms with E-state index in [1.165, 1.54) is 17.1 Å². The fraction of sp³-hybridized carbons (Fsp3) is 0.727. The lowest BCUT2D eigenvalue weighted by molar-refractivity contribution is -0.151. The summed E-state index contributed by atoms with van der Waals surface area (Å²) in [6, 6.07) is 0. The van der Waals surface area contributed by atoms with Gasteiger partial charge in [0.1, 0.15) is 11.7 Å². The number of epoxide rings is 1. The molecule has 0 aromatic carbocycles. The van der Waals surface area contributed by atoms with Crippen LogP contribution in [0.15, 0.2) is 48.1 Å². The quantitative estimate of drug-likeness (QED) is 0.0470. The molecule has 4 heterocycles. The van der Waals surface area contributed by atoms with Crippen molar-refractivity contribution in [2.45, 2.75) is 147 Å². The van der Waals surface area contributed by atoms with Gasteiger partial charge in [0, 0.05) is 70.2 Å². The molecule has 14 heteroatoms. The molecule has 0 bridgehead atoms. The van der Waals surface area contributed by atoms with Crippen LogP contribution in [0.4, 0.5) is 4.79 Å². The lowest BCUT2D eigenvalue weighted by Crippen LogP contribution is -2.51. The van der Waals surface area contributed by atoms with Gasteiger partial charge in [-0.15, -0.1) is 0 Å². The molecule has 6 unspecified atom stereocenters. The Morgan fingerprint density at radius 1 is 1.07 bits per heavy atom. The fourth-order valence-corrected chi connectivity index (χ4v) is 7.96. The molecule has 3 N–H and O–H groups in total. The molecule has 3 amide bonds. The van der Waals surface area contributed by atoms with Crippen molar-refractivity contribution in [3.8, 4) is 0 Å².